The Hall–Kier alpha value is -2.70. The first kappa shape index (κ1) is 15.2. The zero-order valence-corrected chi connectivity index (χ0v) is 12.1. The van der Waals surface area contributed by atoms with Crippen molar-refractivity contribution in [2.24, 2.45) is 0 Å². The third-order valence-corrected chi connectivity index (χ3v) is 3.60. The van der Waals surface area contributed by atoms with E-state index in [1.165, 1.54) is 30.1 Å². The Bertz CT molecular complexity index is 746. The summed E-state index contributed by atoms with van der Waals surface area (Å²) in [7, 11) is 1.53. The van der Waals surface area contributed by atoms with Crippen LogP contribution in [0.4, 0.5) is 18.9 Å². The van der Waals surface area contributed by atoms with E-state index < -0.39 is 12.5 Å². The zero-order valence-electron chi connectivity index (χ0n) is 12.1. The molecule has 0 radical (unpaired) electrons. The second-order valence-corrected chi connectivity index (χ2v) is 5.09. The van der Waals surface area contributed by atoms with Crippen LogP contribution in [-0.2, 0) is 0 Å². The Morgan fingerprint density at radius 2 is 1.74 bits per heavy atom. The summed E-state index contributed by atoms with van der Waals surface area (Å²) < 4.78 is 41.8. The summed E-state index contributed by atoms with van der Waals surface area (Å²) >= 11 is 0. The van der Waals surface area contributed by atoms with Gasteiger partial charge in [-0.1, -0.05) is 30.3 Å². The number of benzene rings is 2. The molecule has 1 heterocycles. The molecule has 23 heavy (non-hydrogen) atoms. The van der Waals surface area contributed by atoms with Crippen LogP contribution in [0.2, 0.25) is 0 Å². The van der Waals surface area contributed by atoms with Gasteiger partial charge in [-0.25, -0.2) is 0 Å². The largest absolute Gasteiger partial charge is 0.573 e. The van der Waals surface area contributed by atoms with Crippen LogP contribution >= 0.6 is 0 Å². The van der Waals surface area contributed by atoms with Crippen molar-refractivity contribution in [3.8, 4) is 5.75 Å². The summed E-state index contributed by atoms with van der Waals surface area (Å²) in [6.45, 7) is 0. The molecule has 120 valence electrons. The molecule has 1 atom stereocenters. The molecule has 0 saturated carbocycles. The van der Waals surface area contributed by atoms with Crippen molar-refractivity contribution >= 4 is 11.6 Å². The van der Waals surface area contributed by atoms with Gasteiger partial charge in [-0.15, -0.1) is 13.2 Å². The van der Waals surface area contributed by atoms with Crippen molar-refractivity contribution < 1.29 is 22.7 Å². The number of carbonyl (C=O) groups is 1. The number of nitrogens with one attached hydrogen (secondary N) is 1. The molecule has 1 N–H and O–H groups in total. The molecule has 0 aromatic heterocycles. The summed E-state index contributed by atoms with van der Waals surface area (Å²) in [5.74, 6) is -0.609. The van der Waals surface area contributed by atoms with Crippen molar-refractivity contribution in [2.75, 3.05) is 12.4 Å². The number of halogens is 3. The van der Waals surface area contributed by atoms with E-state index in [9.17, 15) is 18.0 Å². The van der Waals surface area contributed by atoms with Gasteiger partial charge in [0.05, 0.1) is 5.56 Å². The fourth-order valence-electron chi connectivity index (χ4n) is 2.56. The highest BCUT2D eigenvalue weighted by molar-refractivity contribution is 6.01. The molecular weight excluding hydrogens is 309 g/mol. The molecule has 2 aromatic carbocycles. The smallest absolute Gasteiger partial charge is 0.405 e. The molecular formula is C16H13F3N2O2. The minimum absolute atomic E-state index is 0.232. The standard InChI is InChI=1S/C16H13F3N2O2/c1-21-14(20-12-8-4-2-6-10(12)15(21)22)11-7-3-5-9-13(11)23-16(17,18)19/h2-9,14,20H,1H3/t14-/m1/s1. The van der Waals surface area contributed by atoms with Crippen LogP contribution in [0.25, 0.3) is 0 Å². The SMILES string of the molecule is CN1C(=O)c2ccccc2N[C@H]1c1ccccc1OC(F)(F)F. The Morgan fingerprint density at radius 1 is 1.09 bits per heavy atom. The average molecular weight is 322 g/mol. The first-order valence-electron chi connectivity index (χ1n) is 6.84. The van der Waals surface area contributed by atoms with E-state index in [0.29, 0.717) is 11.3 Å². The number of hydrogen-bond donors (Lipinski definition) is 1. The van der Waals surface area contributed by atoms with E-state index in [1.807, 2.05) is 0 Å². The van der Waals surface area contributed by atoms with Crippen LogP contribution in [0.3, 0.4) is 0 Å². The Balaban J connectivity index is 2.02. The Morgan fingerprint density at radius 3 is 2.48 bits per heavy atom. The van der Waals surface area contributed by atoms with Crippen molar-refractivity contribution in [1.29, 1.82) is 0 Å². The number of alkyl halides is 3. The minimum atomic E-state index is -4.80. The Kier molecular flexibility index (Phi) is 3.63. The van der Waals surface area contributed by atoms with Crippen molar-refractivity contribution in [2.45, 2.75) is 12.5 Å². The van der Waals surface area contributed by atoms with Crippen LogP contribution in [0.5, 0.6) is 5.75 Å². The third kappa shape index (κ3) is 2.94. The molecule has 0 spiro atoms. The maximum absolute atomic E-state index is 12.6. The number of ether oxygens (including phenoxy) is 1. The minimum Gasteiger partial charge on any atom is -0.405 e. The number of nitrogens with zero attached hydrogens (tertiary/aromatic N) is 1. The molecule has 7 heteroatoms. The fourth-order valence-corrected chi connectivity index (χ4v) is 2.56. The lowest BCUT2D eigenvalue weighted by atomic mass is 10.0. The van der Waals surface area contributed by atoms with E-state index in [0.717, 1.165) is 0 Å². The number of hydrogen-bond acceptors (Lipinski definition) is 3. The second kappa shape index (κ2) is 5.49. The number of anilines is 1. The number of para-hydroxylation sites is 2. The van der Waals surface area contributed by atoms with Gasteiger partial charge in [-0.05, 0) is 18.2 Å². The Labute approximate surface area is 130 Å². The van der Waals surface area contributed by atoms with E-state index in [2.05, 4.69) is 10.1 Å². The van der Waals surface area contributed by atoms with Gasteiger partial charge in [0.15, 0.2) is 0 Å². The normalized spacial score (nSPS) is 17.5. The van der Waals surface area contributed by atoms with E-state index in [4.69, 9.17) is 0 Å². The second-order valence-electron chi connectivity index (χ2n) is 5.09. The molecule has 4 nitrogen and oxygen atoms in total. The topological polar surface area (TPSA) is 41.6 Å². The number of fused-ring (bicyclic) bond motifs is 1. The molecule has 0 saturated heterocycles. The lowest BCUT2D eigenvalue weighted by molar-refractivity contribution is -0.275. The van der Waals surface area contributed by atoms with Gasteiger partial charge in [0.25, 0.3) is 5.91 Å². The third-order valence-electron chi connectivity index (χ3n) is 3.60. The van der Waals surface area contributed by atoms with Gasteiger partial charge in [0, 0.05) is 18.3 Å². The van der Waals surface area contributed by atoms with E-state index in [1.54, 1.807) is 30.3 Å². The van der Waals surface area contributed by atoms with Gasteiger partial charge in [-0.3, -0.25) is 4.79 Å². The van der Waals surface area contributed by atoms with E-state index in [-0.39, 0.29) is 17.2 Å². The summed E-state index contributed by atoms with van der Waals surface area (Å²) in [6, 6.07) is 12.6. The molecule has 0 bridgehead atoms. The van der Waals surface area contributed by atoms with Crippen LogP contribution < -0.4 is 10.1 Å². The predicted octanol–water partition coefficient (Wildman–Crippen LogP) is 3.78. The highest BCUT2D eigenvalue weighted by atomic mass is 19.4. The lowest BCUT2D eigenvalue weighted by Crippen LogP contribution is -2.40. The highest BCUT2D eigenvalue weighted by Gasteiger charge is 2.36. The molecule has 0 aliphatic carbocycles. The summed E-state index contributed by atoms with van der Waals surface area (Å²) in [5.41, 5.74) is 1.28. The molecule has 1 amide bonds. The molecule has 1 aliphatic heterocycles. The van der Waals surface area contributed by atoms with Crippen molar-refractivity contribution in [3.05, 3.63) is 59.7 Å². The first-order chi connectivity index (χ1) is 10.9. The fraction of sp³-hybridized carbons (Fsp3) is 0.188. The maximum atomic E-state index is 12.6. The van der Waals surface area contributed by atoms with Crippen LogP contribution in [0.1, 0.15) is 22.1 Å². The van der Waals surface area contributed by atoms with Gasteiger partial charge in [0.1, 0.15) is 11.9 Å². The predicted molar refractivity (Wildman–Crippen MR) is 78.0 cm³/mol. The van der Waals surface area contributed by atoms with Gasteiger partial charge >= 0.3 is 6.36 Å². The summed E-state index contributed by atoms with van der Waals surface area (Å²) in [5, 5.41) is 3.08. The number of amides is 1. The van der Waals surface area contributed by atoms with Gasteiger partial charge in [-0.2, -0.15) is 0 Å². The lowest BCUT2D eigenvalue weighted by Gasteiger charge is -2.36. The van der Waals surface area contributed by atoms with Gasteiger partial charge < -0.3 is 15.0 Å². The zero-order chi connectivity index (χ0) is 16.6. The van der Waals surface area contributed by atoms with Crippen LogP contribution in [0, 0.1) is 0 Å². The highest BCUT2D eigenvalue weighted by Crippen LogP contribution is 2.37. The molecule has 1 aliphatic rings. The van der Waals surface area contributed by atoms with Crippen molar-refractivity contribution in [1.82, 2.24) is 4.90 Å². The molecule has 3 rings (SSSR count). The van der Waals surface area contributed by atoms with Crippen molar-refractivity contribution in [3.63, 3.8) is 0 Å². The molecule has 2 aromatic rings. The monoisotopic (exact) mass is 322 g/mol. The van der Waals surface area contributed by atoms with E-state index >= 15 is 0 Å². The molecule has 0 fully saturated rings. The average Bonchev–Trinajstić information content (AvgIpc) is 2.50. The summed E-state index contributed by atoms with van der Waals surface area (Å²) in [6.07, 6.45) is -5.55. The summed E-state index contributed by atoms with van der Waals surface area (Å²) in [4.78, 5) is 13.8. The van der Waals surface area contributed by atoms with Crippen LogP contribution in [-0.4, -0.2) is 24.2 Å². The maximum Gasteiger partial charge on any atom is 0.573 e. The molecule has 0 unspecified atom stereocenters. The quantitative estimate of drug-likeness (QED) is 0.915. The first-order valence-corrected chi connectivity index (χ1v) is 6.84. The van der Waals surface area contributed by atoms with Gasteiger partial charge in [0.2, 0.25) is 0 Å². The number of carbonyl (C=O) groups excluding carboxylic acids is 1. The van der Waals surface area contributed by atoms with Crippen LogP contribution in [0.15, 0.2) is 48.5 Å². The number of rotatable bonds is 2.